The number of rotatable bonds is 9. The highest BCUT2D eigenvalue weighted by molar-refractivity contribution is 5.81. The molecule has 3 atom stereocenters. The molecule has 1 amide bonds. The van der Waals surface area contributed by atoms with Gasteiger partial charge in [0.1, 0.15) is 18.0 Å². The van der Waals surface area contributed by atoms with Gasteiger partial charge in [0.25, 0.3) is 5.56 Å². The van der Waals surface area contributed by atoms with Gasteiger partial charge in [-0.3, -0.25) is 19.7 Å². The number of ether oxygens (including phenoxy) is 1. The minimum absolute atomic E-state index is 0.0438. The van der Waals surface area contributed by atoms with E-state index < -0.39 is 18.1 Å². The van der Waals surface area contributed by atoms with Crippen molar-refractivity contribution in [1.29, 1.82) is 0 Å². The van der Waals surface area contributed by atoms with Gasteiger partial charge in [0.15, 0.2) is 0 Å². The van der Waals surface area contributed by atoms with E-state index in [-0.39, 0.29) is 23.5 Å². The number of imidazole rings is 1. The van der Waals surface area contributed by atoms with Crippen molar-refractivity contribution in [1.82, 2.24) is 24.3 Å². The fourth-order valence-electron chi connectivity index (χ4n) is 5.85. The van der Waals surface area contributed by atoms with Crippen molar-refractivity contribution in [2.24, 2.45) is 13.0 Å². The van der Waals surface area contributed by atoms with Gasteiger partial charge in [-0.05, 0) is 75.6 Å². The van der Waals surface area contributed by atoms with Crippen LogP contribution < -0.4 is 10.9 Å². The molecule has 1 aliphatic heterocycles. The topological polar surface area (TPSA) is 119 Å². The Bertz CT molecular complexity index is 1460. The first-order chi connectivity index (χ1) is 19.6. The Balaban J connectivity index is 1.44. The molecule has 41 heavy (non-hydrogen) atoms. The highest BCUT2D eigenvalue weighted by Gasteiger charge is 2.30. The number of aliphatic hydroxyl groups excluding tert-OH is 1. The molecule has 0 bridgehead atoms. The summed E-state index contributed by atoms with van der Waals surface area (Å²) in [4.78, 5) is 44.1. The summed E-state index contributed by atoms with van der Waals surface area (Å²) in [7, 11) is 1.75. The second kappa shape index (κ2) is 12.2. The number of aromatic nitrogens is 3. The Morgan fingerprint density at radius 2 is 1.98 bits per heavy atom. The maximum Gasteiger partial charge on any atom is 0.326 e. The quantitative estimate of drug-likeness (QED) is 0.384. The van der Waals surface area contributed by atoms with Gasteiger partial charge in [-0.2, -0.15) is 0 Å². The summed E-state index contributed by atoms with van der Waals surface area (Å²) in [6, 6.07) is 7.10. The van der Waals surface area contributed by atoms with Crippen LogP contribution in [0.25, 0.3) is 22.4 Å². The number of hydrogen-bond donors (Lipinski definition) is 2. The van der Waals surface area contributed by atoms with Gasteiger partial charge < -0.3 is 23.9 Å². The van der Waals surface area contributed by atoms with Crippen LogP contribution in [0.15, 0.2) is 35.3 Å². The summed E-state index contributed by atoms with van der Waals surface area (Å²) in [5, 5.41) is 13.4. The molecule has 2 unspecified atom stereocenters. The van der Waals surface area contributed by atoms with Gasteiger partial charge in [0.2, 0.25) is 5.91 Å². The number of amides is 1. The van der Waals surface area contributed by atoms with Crippen LogP contribution in [-0.2, 0) is 34.5 Å². The molecular formula is C31H41N5O5. The van der Waals surface area contributed by atoms with Gasteiger partial charge >= 0.3 is 5.97 Å². The molecule has 1 aliphatic carbocycles. The fourth-order valence-corrected chi connectivity index (χ4v) is 5.85. The molecule has 2 fully saturated rings. The van der Waals surface area contributed by atoms with Gasteiger partial charge in [-0.25, -0.2) is 4.98 Å². The summed E-state index contributed by atoms with van der Waals surface area (Å²) in [5.74, 6) is 0.736. The average molecular weight is 564 g/mol. The van der Waals surface area contributed by atoms with Crippen LogP contribution in [0.5, 0.6) is 0 Å². The minimum atomic E-state index is -0.893. The SMILES string of the molecule is CC(=O)N1CCC[C@@H](Cn2c(-c3cc(C)c(=O)n(C)c3)nc3cc(CNC(C(=O)OC4CCC4)C(C)O)ccc32)C1. The number of esters is 1. The Kier molecular flexibility index (Phi) is 8.60. The third-order valence-electron chi connectivity index (χ3n) is 8.44. The second-order valence-electron chi connectivity index (χ2n) is 11.8. The molecule has 5 rings (SSSR count). The molecule has 1 saturated heterocycles. The number of hydrogen-bond acceptors (Lipinski definition) is 7. The van der Waals surface area contributed by atoms with Gasteiger partial charge in [0.05, 0.1) is 17.1 Å². The smallest absolute Gasteiger partial charge is 0.326 e. The van der Waals surface area contributed by atoms with Crippen molar-refractivity contribution >= 4 is 22.9 Å². The highest BCUT2D eigenvalue weighted by Crippen LogP contribution is 2.29. The Morgan fingerprint density at radius 1 is 1.20 bits per heavy atom. The van der Waals surface area contributed by atoms with Crippen molar-refractivity contribution in [2.75, 3.05) is 13.1 Å². The van der Waals surface area contributed by atoms with Crippen molar-refractivity contribution < 1.29 is 19.4 Å². The van der Waals surface area contributed by atoms with Crippen molar-refractivity contribution in [2.45, 2.75) is 84.2 Å². The molecule has 1 saturated carbocycles. The predicted octanol–water partition coefficient (Wildman–Crippen LogP) is 2.90. The maximum atomic E-state index is 12.7. The number of aliphatic hydroxyl groups is 1. The lowest BCUT2D eigenvalue weighted by Gasteiger charge is -2.32. The third-order valence-corrected chi connectivity index (χ3v) is 8.44. The molecule has 10 nitrogen and oxygen atoms in total. The lowest BCUT2D eigenvalue weighted by molar-refractivity contribution is -0.158. The lowest BCUT2D eigenvalue weighted by atomic mass is 9.96. The first-order valence-corrected chi connectivity index (χ1v) is 14.6. The molecule has 0 radical (unpaired) electrons. The van der Waals surface area contributed by atoms with Crippen molar-refractivity contribution in [3.63, 3.8) is 0 Å². The van der Waals surface area contributed by atoms with Gasteiger partial charge in [-0.15, -0.1) is 0 Å². The van der Waals surface area contributed by atoms with Crippen molar-refractivity contribution in [3.05, 3.63) is 51.9 Å². The van der Waals surface area contributed by atoms with E-state index in [1.807, 2.05) is 42.3 Å². The molecule has 3 heterocycles. The fraction of sp³-hybridized carbons (Fsp3) is 0.548. The number of carbonyl (C=O) groups excluding carboxylic acids is 2. The lowest BCUT2D eigenvalue weighted by Crippen LogP contribution is -2.47. The van der Waals surface area contributed by atoms with E-state index in [1.54, 1.807) is 25.5 Å². The van der Waals surface area contributed by atoms with Gasteiger partial charge in [-0.1, -0.05) is 6.07 Å². The van der Waals surface area contributed by atoms with E-state index in [2.05, 4.69) is 9.88 Å². The number of likely N-dealkylation sites (tertiary alicyclic amines) is 1. The van der Waals surface area contributed by atoms with Crippen molar-refractivity contribution in [3.8, 4) is 11.4 Å². The molecule has 2 aromatic heterocycles. The largest absolute Gasteiger partial charge is 0.461 e. The van der Waals surface area contributed by atoms with E-state index in [9.17, 15) is 19.5 Å². The van der Waals surface area contributed by atoms with Crippen LogP contribution in [-0.4, -0.2) is 67.3 Å². The molecule has 3 aromatic rings. The van der Waals surface area contributed by atoms with E-state index in [0.717, 1.165) is 66.6 Å². The first kappa shape index (κ1) is 29.0. The number of nitrogens with one attached hydrogen (secondary N) is 1. The standard InChI is InChI=1S/C31H41N5O5/c1-19-13-24(18-34(4)30(19)39)29-33-26-14-22(15-32-28(20(2)37)31(40)41-25-8-5-9-25)10-11-27(26)36(29)17-23-7-6-12-35(16-23)21(3)38/h10-11,13-14,18,20,23,25,28,32,37H,5-9,12,15-17H2,1-4H3/t20?,23-,28?/m1/s1. The Morgan fingerprint density at radius 3 is 2.63 bits per heavy atom. The van der Waals surface area contributed by atoms with E-state index in [4.69, 9.17) is 9.72 Å². The molecule has 2 N–H and O–H groups in total. The average Bonchev–Trinajstić information content (AvgIpc) is 3.26. The summed E-state index contributed by atoms with van der Waals surface area (Å²) in [6.07, 6.45) is 5.69. The third kappa shape index (κ3) is 6.38. The number of pyridine rings is 1. The number of nitrogens with zero attached hydrogens (tertiary/aromatic N) is 4. The van der Waals surface area contributed by atoms with Crippen LogP contribution in [0.2, 0.25) is 0 Å². The molecule has 10 heteroatoms. The summed E-state index contributed by atoms with van der Waals surface area (Å²) in [5.41, 5.74) is 4.15. The van der Waals surface area contributed by atoms with Crippen LogP contribution in [0.1, 0.15) is 57.1 Å². The molecule has 0 spiro atoms. The number of carbonyl (C=O) groups is 2. The number of benzene rings is 1. The number of piperidine rings is 1. The zero-order valence-corrected chi connectivity index (χ0v) is 24.4. The van der Waals surface area contributed by atoms with Crippen LogP contribution >= 0.6 is 0 Å². The summed E-state index contributed by atoms with van der Waals surface area (Å²) in [6.45, 7) is 7.59. The monoisotopic (exact) mass is 563 g/mol. The maximum absolute atomic E-state index is 12.7. The highest BCUT2D eigenvalue weighted by atomic mass is 16.5. The van der Waals surface area contributed by atoms with Gasteiger partial charge in [0, 0.05) is 57.5 Å². The second-order valence-corrected chi connectivity index (χ2v) is 11.8. The normalized spacial score (nSPS) is 19.1. The molecule has 2 aliphatic rings. The minimum Gasteiger partial charge on any atom is -0.461 e. The molecule has 1 aromatic carbocycles. The van der Waals surface area contributed by atoms with E-state index >= 15 is 0 Å². The number of aryl methyl sites for hydroxylation is 2. The summed E-state index contributed by atoms with van der Waals surface area (Å²) < 4.78 is 9.32. The zero-order chi connectivity index (χ0) is 29.3. The van der Waals surface area contributed by atoms with Crippen LogP contribution in [0, 0.1) is 12.8 Å². The Labute approximate surface area is 240 Å². The van der Waals surface area contributed by atoms with E-state index in [0.29, 0.717) is 25.2 Å². The van der Waals surface area contributed by atoms with Crippen LogP contribution in [0.3, 0.4) is 0 Å². The van der Waals surface area contributed by atoms with Crippen LogP contribution in [0.4, 0.5) is 0 Å². The zero-order valence-electron chi connectivity index (χ0n) is 24.4. The summed E-state index contributed by atoms with van der Waals surface area (Å²) >= 11 is 0. The first-order valence-electron chi connectivity index (χ1n) is 14.6. The Hall–Kier alpha value is -3.50. The predicted molar refractivity (Wildman–Crippen MR) is 156 cm³/mol. The number of fused-ring (bicyclic) bond motifs is 1. The molecule has 220 valence electrons. The molecular weight excluding hydrogens is 522 g/mol. The van der Waals surface area contributed by atoms with E-state index in [1.165, 1.54) is 0 Å².